The van der Waals surface area contributed by atoms with Gasteiger partial charge in [-0.3, -0.25) is 9.78 Å². The Labute approximate surface area is 103 Å². The van der Waals surface area contributed by atoms with E-state index >= 15 is 0 Å². The number of para-hydroxylation sites is 1. The molecule has 1 aromatic carbocycles. The Morgan fingerprint density at radius 3 is 2.06 bits per heavy atom. The van der Waals surface area contributed by atoms with Crippen molar-refractivity contribution in [2.24, 2.45) is 0 Å². The number of hydrogen-bond donors (Lipinski definition) is 4. The molecule has 6 heteroatoms. The molecule has 1 aliphatic heterocycles. The van der Waals surface area contributed by atoms with E-state index in [0.717, 1.165) is 26.2 Å². The highest BCUT2D eigenvalue weighted by atomic mass is 16.2. The Kier molecular flexibility index (Phi) is 4.27. The van der Waals surface area contributed by atoms with Crippen LogP contribution < -0.4 is 21.9 Å². The van der Waals surface area contributed by atoms with E-state index in [9.17, 15) is 9.59 Å². The van der Waals surface area contributed by atoms with Gasteiger partial charge in [0.1, 0.15) is 0 Å². The number of piperazine rings is 1. The summed E-state index contributed by atoms with van der Waals surface area (Å²) in [6.45, 7) is 4.56. The molecule has 0 saturated carbocycles. The Morgan fingerprint density at radius 2 is 1.44 bits per heavy atom. The lowest BCUT2D eigenvalue weighted by Crippen LogP contribution is -2.39. The fraction of sp³-hybridized carbons (Fsp3) is 0.333. The standard InChI is InChI=1S/C8H6N2O2.C4H10N2/c11-7-5-3-1-2-4-6(5)9-8(12)10-7;1-2-6-4-3-5-1/h1-4H,(H2,9,10,11,12);5-6H,1-4H2. The largest absolute Gasteiger partial charge is 0.326 e. The summed E-state index contributed by atoms with van der Waals surface area (Å²) < 4.78 is 0. The van der Waals surface area contributed by atoms with Crippen LogP contribution in [0.4, 0.5) is 0 Å². The molecule has 2 heterocycles. The third kappa shape index (κ3) is 3.28. The number of hydrogen-bond acceptors (Lipinski definition) is 4. The number of H-pyrrole nitrogens is 2. The lowest BCUT2D eigenvalue weighted by molar-refractivity contribution is 0.534. The van der Waals surface area contributed by atoms with Crippen molar-refractivity contribution in [2.45, 2.75) is 0 Å². The smallest absolute Gasteiger partial charge is 0.314 e. The minimum Gasteiger partial charge on any atom is -0.314 e. The van der Waals surface area contributed by atoms with E-state index in [2.05, 4.69) is 20.6 Å². The third-order valence-electron chi connectivity index (χ3n) is 2.60. The first-order valence-corrected chi connectivity index (χ1v) is 5.90. The van der Waals surface area contributed by atoms with Crippen LogP contribution in [0.5, 0.6) is 0 Å². The molecule has 0 unspecified atom stereocenters. The molecule has 1 fully saturated rings. The Morgan fingerprint density at radius 1 is 0.833 bits per heavy atom. The minimum atomic E-state index is -0.473. The molecule has 18 heavy (non-hydrogen) atoms. The van der Waals surface area contributed by atoms with Crippen molar-refractivity contribution in [3.63, 3.8) is 0 Å². The summed E-state index contributed by atoms with van der Waals surface area (Å²) >= 11 is 0. The molecule has 4 N–H and O–H groups in total. The van der Waals surface area contributed by atoms with Crippen molar-refractivity contribution in [3.05, 3.63) is 45.1 Å². The summed E-state index contributed by atoms with van der Waals surface area (Å²) in [7, 11) is 0. The molecule has 2 aromatic rings. The highest BCUT2D eigenvalue weighted by molar-refractivity contribution is 5.76. The third-order valence-corrected chi connectivity index (χ3v) is 2.60. The first-order valence-electron chi connectivity index (χ1n) is 5.90. The Bertz CT molecular complexity index is 601. The molecule has 3 rings (SSSR count). The summed E-state index contributed by atoms with van der Waals surface area (Å²) in [6, 6.07) is 6.85. The van der Waals surface area contributed by atoms with Gasteiger partial charge in [-0.25, -0.2) is 4.79 Å². The van der Waals surface area contributed by atoms with Gasteiger partial charge in [0.05, 0.1) is 10.9 Å². The highest BCUT2D eigenvalue weighted by Crippen LogP contribution is 2.01. The van der Waals surface area contributed by atoms with Crippen LogP contribution in [0.1, 0.15) is 0 Å². The average Bonchev–Trinajstić information content (AvgIpc) is 2.41. The van der Waals surface area contributed by atoms with E-state index in [-0.39, 0.29) is 5.56 Å². The summed E-state index contributed by atoms with van der Waals surface area (Å²) in [5, 5.41) is 6.94. The van der Waals surface area contributed by atoms with E-state index in [4.69, 9.17) is 0 Å². The zero-order chi connectivity index (χ0) is 12.8. The van der Waals surface area contributed by atoms with Crippen molar-refractivity contribution in [1.82, 2.24) is 20.6 Å². The lowest BCUT2D eigenvalue weighted by Gasteiger charge is -2.11. The molecule has 1 aromatic heterocycles. The summed E-state index contributed by atoms with van der Waals surface area (Å²) in [4.78, 5) is 26.6. The maximum Gasteiger partial charge on any atom is 0.326 e. The van der Waals surface area contributed by atoms with Gasteiger partial charge in [-0.15, -0.1) is 0 Å². The van der Waals surface area contributed by atoms with Gasteiger partial charge in [-0.05, 0) is 12.1 Å². The molecule has 0 bridgehead atoms. The lowest BCUT2D eigenvalue weighted by atomic mass is 10.2. The van der Waals surface area contributed by atoms with Gasteiger partial charge in [0, 0.05) is 26.2 Å². The van der Waals surface area contributed by atoms with Gasteiger partial charge in [0.15, 0.2) is 0 Å². The number of benzene rings is 1. The summed E-state index contributed by atoms with van der Waals surface area (Å²) in [5.41, 5.74) is -0.265. The fourth-order valence-electron chi connectivity index (χ4n) is 1.72. The number of aromatic amines is 2. The second kappa shape index (κ2) is 6.13. The minimum absolute atomic E-state index is 0.352. The van der Waals surface area contributed by atoms with Crippen LogP contribution in [0.15, 0.2) is 33.9 Å². The van der Waals surface area contributed by atoms with Crippen LogP contribution in [-0.4, -0.2) is 36.1 Å². The van der Waals surface area contributed by atoms with Gasteiger partial charge < -0.3 is 15.6 Å². The van der Waals surface area contributed by atoms with Crippen molar-refractivity contribution in [1.29, 1.82) is 0 Å². The Balaban J connectivity index is 0.000000169. The van der Waals surface area contributed by atoms with Crippen LogP contribution in [0.2, 0.25) is 0 Å². The predicted octanol–water partition coefficient (Wildman–Crippen LogP) is -0.604. The first kappa shape index (κ1) is 12.5. The topological polar surface area (TPSA) is 89.8 Å². The molecule has 0 radical (unpaired) electrons. The van der Waals surface area contributed by atoms with Gasteiger partial charge in [0.2, 0.25) is 0 Å². The SMILES string of the molecule is C1CNCCN1.O=c1[nH]c(=O)c2ccccc2[nH]1. The Hall–Kier alpha value is -1.92. The highest BCUT2D eigenvalue weighted by Gasteiger charge is 1.96. The normalized spacial score (nSPS) is 14.9. The van der Waals surface area contributed by atoms with Gasteiger partial charge >= 0.3 is 5.69 Å². The molecule has 0 aliphatic carbocycles. The first-order chi connectivity index (χ1) is 8.77. The molecular weight excluding hydrogens is 232 g/mol. The zero-order valence-electron chi connectivity index (χ0n) is 9.95. The number of fused-ring (bicyclic) bond motifs is 1. The monoisotopic (exact) mass is 248 g/mol. The van der Waals surface area contributed by atoms with Crippen molar-refractivity contribution < 1.29 is 0 Å². The fourth-order valence-corrected chi connectivity index (χ4v) is 1.72. The van der Waals surface area contributed by atoms with Crippen LogP contribution in [0.3, 0.4) is 0 Å². The molecule has 96 valence electrons. The maximum atomic E-state index is 11.1. The quantitative estimate of drug-likeness (QED) is 0.501. The average molecular weight is 248 g/mol. The van der Waals surface area contributed by atoms with E-state index in [0.29, 0.717) is 10.9 Å². The van der Waals surface area contributed by atoms with Crippen molar-refractivity contribution in [3.8, 4) is 0 Å². The molecule has 0 atom stereocenters. The number of nitrogens with one attached hydrogen (secondary N) is 4. The van der Waals surface area contributed by atoms with Crippen LogP contribution in [0, 0.1) is 0 Å². The molecule has 1 aliphatic rings. The van der Waals surface area contributed by atoms with E-state index in [1.54, 1.807) is 24.3 Å². The second-order valence-corrected chi connectivity index (χ2v) is 3.95. The molecule has 0 amide bonds. The number of aromatic nitrogens is 2. The van der Waals surface area contributed by atoms with E-state index < -0.39 is 5.69 Å². The van der Waals surface area contributed by atoms with E-state index in [1.807, 2.05) is 0 Å². The summed E-state index contributed by atoms with van der Waals surface area (Å²) in [6.07, 6.45) is 0. The molecule has 1 saturated heterocycles. The molecular formula is C12H16N4O2. The van der Waals surface area contributed by atoms with Gasteiger partial charge in [-0.2, -0.15) is 0 Å². The number of rotatable bonds is 0. The van der Waals surface area contributed by atoms with Crippen molar-refractivity contribution in [2.75, 3.05) is 26.2 Å². The molecule has 6 nitrogen and oxygen atoms in total. The van der Waals surface area contributed by atoms with Gasteiger partial charge in [-0.1, -0.05) is 12.1 Å². The molecule has 0 spiro atoms. The zero-order valence-corrected chi connectivity index (χ0v) is 9.95. The van der Waals surface area contributed by atoms with Crippen molar-refractivity contribution >= 4 is 10.9 Å². The predicted molar refractivity (Wildman–Crippen MR) is 70.9 cm³/mol. The summed E-state index contributed by atoms with van der Waals surface area (Å²) in [5.74, 6) is 0. The van der Waals surface area contributed by atoms with Crippen LogP contribution in [0.25, 0.3) is 10.9 Å². The van der Waals surface area contributed by atoms with Crippen LogP contribution >= 0.6 is 0 Å². The second-order valence-electron chi connectivity index (χ2n) is 3.95. The van der Waals surface area contributed by atoms with Crippen LogP contribution in [-0.2, 0) is 0 Å². The maximum absolute atomic E-state index is 11.1. The van der Waals surface area contributed by atoms with E-state index in [1.165, 1.54) is 0 Å². The van der Waals surface area contributed by atoms with Gasteiger partial charge in [0.25, 0.3) is 5.56 Å².